The molecule has 13 nitrogen and oxygen atoms in total. The minimum atomic E-state index is -1.49. The fraction of sp³-hybridized carbons (Fsp3) is 0.500. The van der Waals surface area contributed by atoms with Crippen LogP contribution in [0.4, 0.5) is 0 Å². The van der Waals surface area contributed by atoms with Crippen LogP contribution in [-0.2, 0) is 35.2 Å². The highest BCUT2D eigenvalue weighted by atomic mass is 16.4. The van der Waals surface area contributed by atoms with Crippen LogP contribution in [0.15, 0.2) is 30.3 Å². The molecule has 10 N–H and O–H groups in total. The van der Waals surface area contributed by atoms with E-state index < -0.39 is 66.1 Å². The van der Waals surface area contributed by atoms with E-state index in [-0.39, 0.29) is 31.6 Å². The van der Waals surface area contributed by atoms with Crippen LogP contribution in [0.25, 0.3) is 0 Å². The number of primary amides is 2. The van der Waals surface area contributed by atoms with E-state index in [2.05, 4.69) is 16.0 Å². The van der Waals surface area contributed by atoms with Crippen molar-refractivity contribution < 1.29 is 33.9 Å². The van der Waals surface area contributed by atoms with Gasteiger partial charge in [0, 0.05) is 12.8 Å². The molecule has 204 valence electrons. The second kappa shape index (κ2) is 15.2. The van der Waals surface area contributed by atoms with Gasteiger partial charge in [-0.15, -0.1) is 0 Å². The molecule has 0 aliphatic rings. The third kappa shape index (κ3) is 12.0. The molecule has 0 aromatic heterocycles. The van der Waals surface area contributed by atoms with E-state index in [9.17, 15) is 33.9 Å². The molecule has 1 aromatic carbocycles. The Morgan fingerprint density at radius 1 is 0.811 bits per heavy atom. The molecule has 0 spiro atoms. The van der Waals surface area contributed by atoms with Crippen molar-refractivity contribution in [3.63, 3.8) is 0 Å². The van der Waals surface area contributed by atoms with Crippen molar-refractivity contribution in [3.8, 4) is 0 Å². The van der Waals surface area contributed by atoms with Crippen molar-refractivity contribution in [2.24, 2.45) is 23.1 Å². The van der Waals surface area contributed by atoms with Crippen LogP contribution in [0.1, 0.15) is 45.1 Å². The minimum absolute atomic E-state index is 0.0109. The van der Waals surface area contributed by atoms with Gasteiger partial charge in [-0.3, -0.25) is 24.0 Å². The Balaban J connectivity index is 3.10. The smallest absolute Gasteiger partial charge is 0.326 e. The molecule has 0 radical (unpaired) electrons. The number of carboxylic acids is 1. The van der Waals surface area contributed by atoms with Gasteiger partial charge in [-0.05, 0) is 24.3 Å². The standard InChI is InChI=1S/C24H36N6O7/c1-13(2)10-18(24(36)37)30-23(35)17(12-20(27)32)29-22(34)16(11-14-6-4-3-5-7-14)28-21(33)15(25)8-9-19(26)31/h3-7,13,15-18H,8-12,25H2,1-2H3,(H2,26,31)(H2,27,32)(H,28,33)(H,29,34)(H,30,35)(H,36,37). The van der Waals surface area contributed by atoms with Gasteiger partial charge in [0.25, 0.3) is 0 Å². The average Bonchev–Trinajstić information content (AvgIpc) is 2.80. The van der Waals surface area contributed by atoms with Crippen LogP contribution in [0.5, 0.6) is 0 Å². The van der Waals surface area contributed by atoms with Gasteiger partial charge >= 0.3 is 5.97 Å². The van der Waals surface area contributed by atoms with Crippen LogP contribution >= 0.6 is 0 Å². The normalized spacial score (nSPS) is 14.1. The van der Waals surface area contributed by atoms with Gasteiger partial charge in [0.1, 0.15) is 18.1 Å². The number of carboxylic acid groups (broad SMARTS) is 1. The Morgan fingerprint density at radius 3 is 1.86 bits per heavy atom. The number of amides is 5. The van der Waals surface area contributed by atoms with Crippen molar-refractivity contribution in [2.45, 2.75) is 70.1 Å². The first-order chi connectivity index (χ1) is 17.3. The van der Waals surface area contributed by atoms with Gasteiger partial charge in [-0.1, -0.05) is 44.2 Å². The van der Waals surface area contributed by atoms with Crippen LogP contribution in [-0.4, -0.2) is 64.8 Å². The van der Waals surface area contributed by atoms with Gasteiger partial charge < -0.3 is 38.3 Å². The summed E-state index contributed by atoms with van der Waals surface area (Å²) < 4.78 is 0. The summed E-state index contributed by atoms with van der Waals surface area (Å²) in [5.74, 6) is -5.34. The second-order valence-corrected chi connectivity index (χ2v) is 9.12. The first kappa shape index (κ1) is 31.0. The summed E-state index contributed by atoms with van der Waals surface area (Å²) in [5, 5.41) is 16.6. The SMILES string of the molecule is CC(C)CC(NC(=O)C(CC(N)=O)NC(=O)C(Cc1ccccc1)NC(=O)C(N)CCC(N)=O)C(=O)O. The highest BCUT2D eigenvalue weighted by Gasteiger charge is 2.31. The minimum Gasteiger partial charge on any atom is -0.480 e. The number of rotatable bonds is 16. The highest BCUT2D eigenvalue weighted by molar-refractivity contribution is 5.96. The fourth-order valence-electron chi connectivity index (χ4n) is 3.41. The number of nitrogens with two attached hydrogens (primary N) is 3. The summed E-state index contributed by atoms with van der Waals surface area (Å²) in [6, 6.07) is 3.58. The summed E-state index contributed by atoms with van der Waals surface area (Å²) in [6.45, 7) is 3.55. The summed E-state index contributed by atoms with van der Waals surface area (Å²) >= 11 is 0. The van der Waals surface area contributed by atoms with E-state index in [1.807, 2.05) is 0 Å². The molecular weight excluding hydrogens is 484 g/mol. The average molecular weight is 521 g/mol. The topological polar surface area (TPSA) is 237 Å². The molecule has 5 amide bonds. The van der Waals surface area contributed by atoms with Crippen LogP contribution in [0.3, 0.4) is 0 Å². The molecule has 0 saturated heterocycles. The number of benzene rings is 1. The number of hydrogen-bond donors (Lipinski definition) is 7. The molecule has 37 heavy (non-hydrogen) atoms. The Labute approximate surface area is 214 Å². The summed E-state index contributed by atoms with van der Waals surface area (Å²) in [7, 11) is 0. The van der Waals surface area contributed by atoms with E-state index >= 15 is 0 Å². The van der Waals surface area contributed by atoms with E-state index in [4.69, 9.17) is 17.2 Å². The van der Waals surface area contributed by atoms with Gasteiger partial charge in [0.15, 0.2) is 0 Å². The monoisotopic (exact) mass is 520 g/mol. The maximum absolute atomic E-state index is 13.2. The first-order valence-electron chi connectivity index (χ1n) is 11.8. The van der Waals surface area contributed by atoms with Gasteiger partial charge in [-0.2, -0.15) is 0 Å². The zero-order valence-corrected chi connectivity index (χ0v) is 20.9. The third-order valence-electron chi connectivity index (χ3n) is 5.31. The molecule has 13 heteroatoms. The zero-order valence-electron chi connectivity index (χ0n) is 20.9. The highest BCUT2D eigenvalue weighted by Crippen LogP contribution is 2.08. The number of carbonyl (C=O) groups excluding carboxylic acids is 5. The van der Waals surface area contributed by atoms with Crippen molar-refractivity contribution in [3.05, 3.63) is 35.9 Å². The quantitative estimate of drug-likeness (QED) is 0.132. The third-order valence-corrected chi connectivity index (χ3v) is 5.31. The fourth-order valence-corrected chi connectivity index (χ4v) is 3.41. The zero-order chi connectivity index (χ0) is 28.1. The molecule has 4 unspecified atom stereocenters. The Morgan fingerprint density at radius 2 is 1.35 bits per heavy atom. The van der Waals surface area contributed by atoms with Crippen molar-refractivity contribution in [2.75, 3.05) is 0 Å². The van der Waals surface area contributed by atoms with E-state index in [0.29, 0.717) is 5.56 Å². The lowest BCUT2D eigenvalue weighted by Crippen LogP contribution is -2.58. The predicted molar refractivity (Wildman–Crippen MR) is 133 cm³/mol. The maximum atomic E-state index is 13.2. The number of carbonyl (C=O) groups is 6. The van der Waals surface area contributed by atoms with Crippen molar-refractivity contribution in [1.82, 2.24) is 16.0 Å². The lowest BCUT2D eigenvalue weighted by atomic mass is 10.0. The Kier molecular flexibility index (Phi) is 12.7. The largest absolute Gasteiger partial charge is 0.480 e. The van der Waals surface area contributed by atoms with Crippen molar-refractivity contribution >= 4 is 35.5 Å². The number of nitrogens with one attached hydrogen (secondary N) is 3. The molecule has 0 fully saturated rings. The van der Waals surface area contributed by atoms with Crippen LogP contribution in [0, 0.1) is 5.92 Å². The lowest BCUT2D eigenvalue weighted by molar-refractivity contribution is -0.143. The van der Waals surface area contributed by atoms with Gasteiger partial charge in [0.2, 0.25) is 29.5 Å². The van der Waals surface area contributed by atoms with E-state index in [1.165, 1.54) is 0 Å². The molecule has 0 bridgehead atoms. The summed E-state index contributed by atoms with van der Waals surface area (Å²) in [4.78, 5) is 72.7. The predicted octanol–water partition coefficient (Wildman–Crippen LogP) is -1.72. The van der Waals surface area contributed by atoms with Crippen molar-refractivity contribution in [1.29, 1.82) is 0 Å². The Hall–Kier alpha value is -4.00. The molecule has 0 aliphatic heterocycles. The first-order valence-corrected chi connectivity index (χ1v) is 11.8. The van der Waals surface area contributed by atoms with Crippen LogP contribution < -0.4 is 33.2 Å². The molecule has 0 saturated carbocycles. The summed E-state index contributed by atoms with van der Waals surface area (Å²) in [6.07, 6.45) is -0.646. The molecule has 4 atom stereocenters. The molecular formula is C24H36N6O7. The second-order valence-electron chi connectivity index (χ2n) is 9.12. The van der Waals surface area contributed by atoms with Crippen LogP contribution in [0.2, 0.25) is 0 Å². The molecule has 1 aromatic rings. The number of hydrogen-bond acceptors (Lipinski definition) is 7. The maximum Gasteiger partial charge on any atom is 0.326 e. The number of aliphatic carboxylic acids is 1. The summed E-state index contributed by atoms with van der Waals surface area (Å²) in [5.41, 5.74) is 16.8. The lowest BCUT2D eigenvalue weighted by Gasteiger charge is -2.25. The van der Waals surface area contributed by atoms with Gasteiger partial charge in [-0.25, -0.2) is 4.79 Å². The molecule has 0 aliphatic carbocycles. The van der Waals surface area contributed by atoms with E-state index in [0.717, 1.165) is 0 Å². The molecule has 0 heterocycles. The van der Waals surface area contributed by atoms with Gasteiger partial charge in [0.05, 0.1) is 12.5 Å². The Bertz CT molecular complexity index is 970. The van der Waals surface area contributed by atoms with E-state index in [1.54, 1.807) is 44.2 Å². The molecule has 1 rings (SSSR count).